The Morgan fingerprint density at radius 1 is 1.36 bits per heavy atom. The summed E-state index contributed by atoms with van der Waals surface area (Å²) in [5, 5.41) is 0. The van der Waals surface area contributed by atoms with E-state index in [0.717, 1.165) is 0 Å². The quantitative estimate of drug-likeness (QED) is 0.537. The van der Waals surface area contributed by atoms with Gasteiger partial charge in [0.2, 0.25) is 5.95 Å². The molecule has 3 nitrogen and oxygen atoms in total. The first-order chi connectivity index (χ1) is 6.68. The Kier molecular flexibility index (Phi) is 4.32. The van der Waals surface area contributed by atoms with Crippen molar-refractivity contribution in [3.63, 3.8) is 0 Å². The fourth-order valence-electron chi connectivity index (χ4n) is 0.891. The van der Waals surface area contributed by atoms with Gasteiger partial charge in [0.25, 0.3) is 0 Å². The SMILES string of the molecule is CC(C)OCCOc1ccc(F)nc1. The van der Waals surface area contributed by atoms with Gasteiger partial charge in [0, 0.05) is 0 Å². The summed E-state index contributed by atoms with van der Waals surface area (Å²) in [6.07, 6.45) is 1.55. The number of hydrogen-bond acceptors (Lipinski definition) is 3. The first-order valence-corrected chi connectivity index (χ1v) is 4.54. The number of nitrogens with zero attached hydrogens (tertiary/aromatic N) is 1. The smallest absolute Gasteiger partial charge is 0.213 e. The monoisotopic (exact) mass is 199 g/mol. The van der Waals surface area contributed by atoms with E-state index >= 15 is 0 Å². The fourth-order valence-corrected chi connectivity index (χ4v) is 0.891. The van der Waals surface area contributed by atoms with Crippen molar-refractivity contribution >= 4 is 0 Å². The van der Waals surface area contributed by atoms with E-state index in [-0.39, 0.29) is 6.10 Å². The minimum Gasteiger partial charge on any atom is -0.490 e. The number of hydrogen-bond donors (Lipinski definition) is 0. The molecule has 0 amide bonds. The zero-order valence-corrected chi connectivity index (χ0v) is 8.37. The minimum atomic E-state index is -0.504. The fraction of sp³-hybridized carbons (Fsp3) is 0.500. The third-order valence-corrected chi connectivity index (χ3v) is 1.50. The van der Waals surface area contributed by atoms with E-state index in [1.54, 1.807) is 0 Å². The third-order valence-electron chi connectivity index (χ3n) is 1.50. The van der Waals surface area contributed by atoms with E-state index in [4.69, 9.17) is 9.47 Å². The molecule has 0 spiro atoms. The lowest BCUT2D eigenvalue weighted by molar-refractivity contribution is 0.0551. The van der Waals surface area contributed by atoms with Gasteiger partial charge in [-0.3, -0.25) is 0 Å². The van der Waals surface area contributed by atoms with Crippen molar-refractivity contribution in [3.8, 4) is 5.75 Å². The van der Waals surface area contributed by atoms with Crippen molar-refractivity contribution in [1.82, 2.24) is 4.98 Å². The Morgan fingerprint density at radius 3 is 2.71 bits per heavy atom. The van der Waals surface area contributed by atoms with E-state index in [0.29, 0.717) is 19.0 Å². The van der Waals surface area contributed by atoms with Crippen molar-refractivity contribution in [2.24, 2.45) is 0 Å². The number of pyridine rings is 1. The molecule has 0 unspecified atom stereocenters. The predicted molar refractivity (Wildman–Crippen MR) is 50.8 cm³/mol. The van der Waals surface area contributed by atoms with Gasteiger partial charge in [0.1, 0.15) is 12.4 Å². The second-order valence-electron chi connectivity index (χ2n) is 3.08. The molecule has 0 saturated carbocycles. The number of rotatable bonds is 5. The van der Waals surface area contributed by atoms with E-state index in [9.17, 15) is 4.39 Å². The summed E-state index contributed by atoms with van der Waals surface area (Å²) in [6.45, 7) is 4.89. The zero-order valence-electron chi connectivity index (χ0n) is 8.37. The second kappa shape index (κ2) is 5.54. The van der Waals surface area contributed by atoms with Crippen LogP contribution in [0.15, 0.2) is 18.3 Å². The second-order valence-corrected chi connectivity index (χ2v) is 3.08. The van der Waals surface area contributed by atoms with Gasteiger partial charge in [-0.25, -0.2) is 4.98 Å². The Morgan fingerprint density at radius 2 is 2.14 bits per heavy atom. The Hall–Kier alpha value is -1.16. The minimum absolute atomic E-state index is 0.199. The first-order valence-electron chi connectivity index (χ1n) is 4.54. The zero-order chi connectivity index (χ0) is 10.4. The van der Waals surface area contributed by atoms with Crippen LogP contribution in [0.1, 0.15) is 13.8 Å². The number of halogens is 1. The molecular weight excluding hydrogens is 185 g/mol. The summed E-state index contributed by atoms with van der Waals surface area (Å²) in [5.74, 6) is 0.0505. The molecular formula is C10H14FNO2. The summed E-state index contributed by atoms with van der Waals surface area (Å²) < 4.78 is 22.9. The number of ether oxygens (including phenoxy) is 2. The molecule has 0 aliphatic rings. The number of aromatic nitrogens is 1. The predicted octanol–water partition coefficient (Wildman–Crippen LogP) is 2.02. The Balaban J connectivity index is 2.21. The van der Waals surface area contributed by atoms with Crippen molar-refractivity contribution in [2.45, 2.75) is 20.0 Å². The van der Waals surface area contributed by atoms with Crippen LogP contribution in [0.5, 0.6) is 5.75 Å². The summed E-state index contributed by atoms with van der Waals surface area (Å²) in [5.41, 5.74) is 0. The van der Waals surface area contributed by atoms with Crippen molar-refractivity contribution in [1.29, 1.82) is 0 Å². The molecule has 0 radical (unpaired) electrons. The molecule has 0 aliphatic carbocycles. The van der Waals surface area contributed by atoms with Crippen LogP contribution >= 0.6 is 0 Å². The molecule has 0 saturated heterocycles. The van der Waals surface area contributed by atoms with Gasteiger partial charge in [-0.1, -0.05) is 0 Å². The lowest BCUT2D eigenvalue weighted by atomic mass is 10.4. The molecule has 14 heavy (non-hydrogen) atoms. The molecule has 0 N–H and O–H groups in total. The maximum Gasteiger partial charge on any atom is 0.213 e. The highest BCUT2D eigenvalue weighted by molar-refractivity contribution is 5.15. The van der Waals surface area contributed by atoms with Crippen LogP contribution in [0.3, 0.4) is 0 Å². The van der Waals surface area contributed by atoms with Gasteiger partial charge in [0.05, 0.1) is 18.9 Å². The van der Waals surface area contributed by atoms with Crippen molar-refractivity contribution < 1.29 is 13.9 Å². The highest BCUT2D eigenvalue weighted by Gasteiger charge is 1.96. The van der Waals surface area contributed by atoms with Gasteiger partial charge in [-0.2, -0.15) is 4.39 Å². The lowest BCUT2D eigenvalue weighted by Gasteiger charge is -2.08. The van der Waals surface area contributed by atoms with E-state index in [1.165, 1.54) is 18.3 Å². The molecule has 4 heteroatoms. The van der Waals surface area contributed by atoms with E-state index in [1.807, 2.05) is 13.8 Å². The highest BCUT2D eigenvalue weighted by atomic mass is 19.1. The van der Waals surface area contributed by atoms with Crippen LogP contribution in [0.4, 0.5) is 4.39 Å². The van der Waals surface area contributed by atoms with E-state index < -0.39 is 5.95 Å². The molecule has 0 aliphatic heterocycles. The summed E-state index contributed by atoms with van der Waals surface area (Å²) in [4.78, 5) is 3.46. The standard InChI is InChI=1S/C10H14FNO2/c1-8(2)13-5-6-14-9-3-4-10(11)12-7-9/h3-4,7-8H,5-6H2,1-2H3. The van der Waals surface area contributed by atoms with Crippen molar-refractivity contribution in [2.75, 3.05) is 13.2 Å². The maximum absolute atomic E-state index is 12.4. The Labute approximate surface area is 82.9 Å². The summed E-state index contributed by atoms with van der Waals surface area (Å²) in [7, 11) is 0. The molecule has 1 aromatic rings. The topological polar surface area (TPSA) is 31.4 Å². The molecule has 1 aromatic heterocycles. The normalized spacial score (nSPS) is 10.6. The van der Waals surface area contributed by atoms with Gasteiger partial charge in [0.15, 0.2) is 0 Å². The van der Waals surface area contributed by atoms with Crippen LogP contribution in [0, 0.1) is 5.95 Å². The van der Waals surface area contributed by atoms with Gasteiger partial charge >= 0.3 is 0 Å². The van der Waals surface area contributed by atoms with Crippen LogP contribution in [0.25, 0.3) is 0 Å². The first kappa shape index (κ1) is 10.9. The lowest BCUT2D eigenvalue weighted by Crippen LogP contribution is -2.11. The average Bonchev–Trinajstić information content (AvgIpc) is 2.15. The van der Waals surface area contributed by atoms with Crippen LogP contribution in [-0.2, 0) is 4.74 Å². The summed E-state index contributed by atoms with van der Waals surface area (Å²) >= 11 is 0. The molecule has 0 fully saturated rings. The van der Waals surface area contributed by atoms with Crippen LogP contribution < -0.4 is 4.74 Å². The molecule has 0 bridgehead atoms. The van der Waals surface area contributed by atoms with Gasteiger partial charge < -0.3 is 9.47 Å². The molecule has 0 atom stereocenters. The van der Waals surface area contributed by atoms with Gasteiger partial charge in [-0.15, -0.1) is 0 Å². The third kappa shape index (κ3) is 4.18. The molecule has 1 heterocycles. The average molecular weight is 199 g/mol. The van der Waals surface area contributed by atoms with Crippen LogP contribution in [0.2, 0.25) is 0 Å². The van der Waals surface area contributed by atoms with Gasteiger partial charge in [-0.05, 0) is 26.0 Å². The largest absolute Gasteiger partial charge is 0.490 e. The van der Waals surface area contributed by atoms with Crippen LogP contribution in [-0.4, -0.2) is 24.3 Å². The Bertz CT molecular complexity index is 261. The highest BCUT2D eigenvalue weighted by Crippen LogP contribution is 2.07. The van der Waals surface area contributed by atoms with E-state index in [2.05, 4.69) is 4.98 Å². The van der Waals surface area contributed by atoms with Crippen molar-refractivity contribution in [3.05, 3.63) is 24.3 Å². The maximum atomic E-state index is 12.4. The summed E-state index contributed by atoms with van der Waals surface area (Å²) in [6, 6.07) is 2.80. The molecule has 0 aromatic carbocycles. The molecule has 1 rings (SSSR count). The molecule has 78 valence electrons.